The summed E-state index contributed by atoms with van der Waals surface area (Å²) in [7, 11) is 0. The molecule has 0 bridgehead atoms. The molecule has 0 unspecified atom stereocenters. The van der Waals surface area contributed by atoms with Crippen molar-refractivity contribution in [3.8, 4) is 17.5 Å². The molecule has 3 aromatic rings. The van der Waals surface area contributed by atoms with Crippen LogP contribution in [0.3, 0.4) is 0 Å². The summed E-state index contributed by atoms with van der Waals surface area (Å²) in [4.78, 5) is 4.22. The predicted molar refractivity (Wildman–Crippen MR) is 65.5 cm³/mol. The largest absolute Gasteiger partial charge is 0.508 e. The van der Waals surface area contributed by atoms with Crippen LogP contribution in [0.5, 0.6) is 17.5 Å². The van der Waals surface area contributed by atoms with E-state index in [1.54, 1.807) is 18.2 Å². The number of rotatable bonds is 2. The fourth-order valence-electron chi connectivity index (χ4n) is 1.56. The lowest BCUT2D eigenvalue weighted by Gasteiger charge is -2.03. The number of hydrogen-bond acceptors (Lipinski definition) is 5. The summed E-state index contributed by atoms with van der Waals surface area (Å²) < 4.78 is 5.42. The van der Waals surface area contributed by atoms with E-state index in [1.807, 2.05) is 24.3 Å². The Kier molecular flexibility index (Phi) is 2.49. The smallest absolute Gasteiger partial charge is 0.341 e. The van der Waals surface area contributed by atoms with Crippen molar-refractivity contribution >= 4 is 11.0 Å². The Morgan fingerprint density at radius 3 is 2.56 bits per heavy atom. The first kappa shape index (κ1) is 10.5. The highest BCUT2D eigenvalue weighted by Gasteiger charge is 2.04. The fourth-order valence-corrected chi connectivity index (χ4v) is 1.56. The minimum atomic E-state index is 0.126. The van der Waals surface area contributed by atoms with Gasteiger partial charge in [-0.25, -0.2) is 0 Å². The lowest BCUT2D eigenvalue weighted by molar-refractivity contribution is 0.427. The molecule has 3 rings (SSSR count). The van der Waals surface area contributed by atoms with Crippen LogP contribution in [0.15, 0.2) is 48.5 Å². The van der Waals surface area contributed by atoms with E-state index in [0.29, 0.717) is 16.8 Å². The molecule has 5 nitrogen and oxygen atoms in total. The van der Waals surface area contributed by atoms with Crippen molar-refractivity contribution in [2.75, 3.05) is 0 Å². The minimum absolute atomic E-state index is 0.126. The van der Waals surface area contributed by atoms with E-state index >= 15 is 0 Å². The lowest BCUT2D eigenvalue weighted by atomic mass is 10.3. The summed E-state index contributed by atoms with van der Waals surface area (Å²) in [6.07, 6.45) is 0. The second-order valence-electron chi connectivity index (χ2n) is 3.68. The van der Waals surface area contributed by atoms with Gasteiger partial charge in [0.15, 0.2) is 0 Å². The second kappa shape index (κ2) is 4.29. The zero-order valence-electron chi connectivity index (χ0n) is 9.32. The number of para-hydroxylation sites is 1. The molecule has 0 aliphatic rings. The Morgan fingerprint density at radius 2 is 1.72 bits per heavy atom. The monoisotopic (exact) mass is 239 g/mol. The Morgan fingerprint density at radius 1 is 0.889 bits per heavy atom. The highest BCUT2D eigenvalue weighted by molar-refractivity contribution is 5.73. The van der Waals surface area contributed by atoms with Crippen molar-refractivity contribution in [1.82, 2.24) is 15.2 Å². The Labute approximate surface area is 103 Å². The van der Waals surface area contributed by atoms with Crippen LogP contribution in [0.2, 0.25) is 0 Å². The van der Waals surface area contributed by atoms with Crippen molar-refractivity contribution in [3.05, 3.63) is 48.5 Å². The maximum Gasteiger partial charge on any atom is 0.341 e. The molecular weight excluding hydrogens is 230 g/mol. The van der Waals surface area contributed by atoms with Crippen LogP contribution < -0.4 is 4.74 Å². The van der Waals surface area contributed by atoms with Gasteiger partial charge in [-0.2, -0.15) is 4.98 Å². The van der Waals surface area contributed by atoms with Gasteiger partial charge in [-0.1, -0.05) is 23.3 Å². The summed E-state index contributed by atoms with van der Waals surface area (Å²) >= 11 is 0. The number of ether oxygens (including phenoxy) is 1. The van der Waals surface area contributed by atoms with Gasteiger partial charge in [-0.15, -0.1) is 5.10 Å². The maximum absolute atomic E-state index is 9.33. The predicted octanol–water partition coefficient (Wildman–Crippen LogP) is 2.52. The summed E-state index contributed by atoms with van der Waals surface area (Å²) in [5.41, 5.74) is 1.42. The van der Waals surface area contributed by atoms with Crippen molar-refractivity contribution < 1.29 is 9.84 Å². The molecule has 0 amide bonds. The molecule has 0 saturated heterocycles. The van der Waals surface area contributed by atoms with Crippen LogP contribution in [-0.2, 0) is 0 Å². The van der Waals surface area contributed by atoms with Crippen molar-refractivity contribution in [3.63, 3.8) is 0 Å². The highest BCUT2D eigenvalue weighted by Crippen LogP contribution is 2.22. The zero-order valence-corrected chi connectivity index (χ0v) is 9.32. The van der Waals surface area contributed by atoms with Crippen LogP contribution >= 0.6 is 0 Å². The molecule has 0 radical (unpaired) electrons. The summed E-state index contributed by atoms with van der Waals surface area (Å²) in [6, 6.07) is 14.0. The average Bonchev–Trinajstić information content (AvgIpc) is 2.39. The summed E-state index contributed by atoms with van der Waals surface area (Å²) in [5.74, 6) is 0.591. The molecule has 18 heavy (non-hydrogen) atoms. The number of phenols is 1. The van der Waals surface area contributed by atoms with E-state index in [1.165, 1.54) is 6.07 Å². The Hall–Kier alpha value is -2.69. The van der Waals surface area contributed by atoms with Gasteiger partial charge in [0.25, 0.3) is 0 Å². The van der Waals surface area contributed by atoms with Gasteiger partial charge in [-0.3, -0.25) is 0 Å². The maximum atomic E-state index is 9.33. The first-order valence-corrected chi connectivity index (χ1v) is 5.37. The van der Waals surface area contributed by atoms with Gasteiger partial charge in [0.05, 0.1) is 5.52 Å². The van der Waals surface area contributed by atoms with Gasteiger partial charge >= 0.3 is 6.01 Å². The topological polar surface area (TPSA) is 68.1 Å². The molecule has 0 saturated carbocycles. The van der Waals surface area contributed by atoms with E-state index < -0.39 is 0 Å². The van der Waals surface area contributed by atoms with Crippen molar-refractivity contribution in [2.24, 2.45) is 0 Å². The quantitative estimate of drug-likeness (QED) is 0.744. The number of fused-ring (bicyclic) bond motifs is 1. The average molecular weight is 239 g/mol. The zero-order chi connectivity index (χ0) is 12.4. The SMILES string of the molecule is Oc1cccc(Oc2nnc3ccccc3n2)c1. The molecule has 0 spiro atoms. The lowest BCUT2D eigenvalue weighted by Crippen LogP contribution is -1.95. The van der Waals surface area contributed by atoms with Crippen LogP contribution in [0.1, 0.15) is 0 Å². The molecule has 1 heterocycles. The Bertz CT molecular complexity index is 700. The third-order valence-corrected chi connectivity index (χ3v) is 2.37. The molecule has 5 heteroatoms. The van der Waals surface area contributed by atoms with Crippen LogP contribution in [-0.4, -0.2) is 20.3 Å². The van der Waals surface area contributed by atoms with Crippen LogP contribution in [0.25, 0.3) is 11.0 Å². The molecule has 0 aliphatic carbocycles. The van der Waals surface area contributed by atoms with E-state index in [-0.39, 0.29) is 11.8 Å². The normalized spacial score (nSPS) is 10.4. The number of hydrogen-bond donors (Lipinski definition) is 1. The number of aromatic nitrogens is 3. The van der Waals surface area contributed by atoms with Crippen molar-refractivity contribution in [1.29, 1.82) is 0 Å². The third kappa shape index (κ3) is 2.06. The number of nitrogens with zero attached hydrogens (tertiary/aromatic N) is 3. The number of benzene rings is 2. The van der Waals surface area contributed by atoms with Gasteiger partial charge in [0.1, 0.15) is 17.0 Å². The number of phenolic OH excluding ortho intramolecular Hbond substituents is 1. The molecular formula is C13H9N3O2. The fraction of sp³-hybridized carbons (Fsp3) is 0. The summed E-state index contributed by atoms with van der Waals surface area (Å²) in [5, 5.41) is 17.2. The minimum Gasteiger partial charge on any atom is -0.508 e. The van der Waals surface area contributed by atoms with E-state index in [2.05, 4.69) is 15.2 Å². The molecule has 1 aromatic heterocycles. The van der Waals surface area contributed by atoms with E-state index in [0.717, 1.165) is 0 Å². The standard InChI is InChI=1S/C13H9N3O2/c17-9-4-3-5-10(8-9)18-13-14-11-6-1-2-7-12(11)15-16-13/h1-8,17H. The number of aromatic hydroxyl groups is 1. The van der Waals surface area contributed by atoms with Gasteiger partial charge in [-0.05, 0) is 24.3 Å². The molecule has 2 aromatic carbocycles. The molecule has 0 atom stereocenters. The Balaban J connectivity index is 1.95. The molecule has 0 fully saturated rings. The molecule has 1 N–H and O–H groups in total. The second-order valence-corrected chi connectivity index (χ2v) is 3.68. The van der Waals surface area contributed by atoms with Gasteiger partial charge < -0.3 is 9.84 Å². The first-order valence-electron chi connectivity index (χ1n) is 5.37. The third-order valence-electron chi connectivity index (χ3n) is 2.37. The highest BCUT2D eigenvalue weighted by atomic mass is 16.5. The molecule has 88 valence electrons. The van der Waals surface area contributed by atoms with Crippen LogP contribution in [0, 0.1) is 0 Å². The van der Waals surface area contributed by atoms with Gasteiger partial charge in [0, 0.05) is 6.07 Å². The van der Waals surface area contributed by atoms with Gasteiger partial charge in [0.2, 0.25) is 0 Å². The van der Waals surface area contributed by atoms with Crippen LogP contribution in [0.4, 0.5) is 0 Å². The van der Waals surface area contributed by atoms with E-state index in [4.69, 9.17) is 4.74 Å². The van der Waals surface area contributed by atoms with E-state index in [9.17, 15) is 5.11 Å². The molecule has 0 aliphatic heterocycles. The summed E-state index contributed by atoms with van der Waals surface area (Å²) in [6.45, 7) is 0. The first-order chi connectivity index (χ1) is 8.81. The van der Waals surface area contributed by atoms with Crippen molar-refractivity contribution in [2.45, 2.75) is 0 Å².